The number of benzene rings is 3. The van der Waals surface area contributed by atoms with Crippen LogP contribution in [0.3, 0.4) is 0 Å². The molecule has 2 aliphatic rings. The molecule has 0 saturated carbocycles. The van der Waals surface area contributed by atoms with E-state index in [1.54, 1.807) is 6.07 Å². The first-order chi connectivity index (χ1) is 12.8. The molecule has 0 bridgehead atoms. The Bertz CT molecular complexity index is 986. The second kappa shape index (κ2) is 5.99. The Labute approximate surface area is 151 Å². The molecule has 26 heavy (non-hydrogen) atoms. The maximum absolute atomic E-state index is 13.8. The molecule has 2 aliphatic heterocycles. The number of para-hydroxylation sites is 1. The number of nitrogens with zero attached hydrogens (tertiary/aromatic N) is 2. The van der Waals surface area contributed by atoms with Crippen molar-refractivity contribution in [2.24, 2.45) is 5.10 Å². The molecule has 0 fully saturated rings. The van der Waals surface area contributed by atoms with Gasteiger partial charge in [0.1, 0.15) is 11.6 Å². The number of halogens is 1. The van der Waals surface area contributed by atoms with Crippen molar-refractivity contribution in [3.8, 4) is 5.75 Å². The molecular weight excluding hydrogens is 327 g/mol. The van der Waals surface area contributed by atoms with Crippen molar-refractivity contribution >= 4 is 5.71 Å². The van der Waals surface area contributed by atoms with Crippen LogP contribution >= 0.6 is 0 Å². The van der Waals surface area contributed by atoms with Crippen molar-refractivity contribution in [3.63, 3.8) is 0 Å². The summed E-state index contributed by atoms with van der Waals surface area (Å²) in [6, 6.07) is 24.9. The lowest BCUT2D eigenvalue weighted by atomic mass is 9.96. The van der Waals surface area contributed by atoms with Gasteiger partial charge >= 0.3 is 0 Å². The average Bonchev–Trinajstić information content (AvgIpc) is 3.14. The molecule has 0 unspecified atom stereocenters. The summed E-state index contributed by atoms with van der Waals surface area (Å²) in [6.07, 6.45) is 0.364. The summed E-state index contributed by atoms with van der Waals surface area (Å²) in [5.41, 5.74) is 4.02. The minimum Gasteiger partial charge on any atom is -0.464 e. The maximum atomic E-state index is 13.8. The van der Waals surface area contributed by atoms with Crippen molar-refractivity contribution in [1.29, 1.82) is 0 Å². The molecule has 4 heteroatoms. The molecular formula is C22H17FN2O. The summed E-state index contributed by atoms with van der Waals surface area (Å²) in [7, 11) is 0. The van der Waals surface area contributed by atoms with Crippen LogP contribution in [0, 0.1) is 5.82 Å². The lowest BCUT2D eigenvalue weighted by Crippen LogP contribution is -2.33. The monoisotopic (exact) mass is 344 g/mol. The number of hydrogen-bond donors (Lipinski definition) is 0. The molecule has 2 heterocycles. The van der Waals surface area contributed by atoms with Crippen molar-refractivity contribution in [1.82, 2.24) is 5.01 Å². The van der Waals surface area contributed by atoms with Gasteiger partial charge in [0, 0.05) is 17.5 Å². The Kier molecular flexibility index (Phi) is 3.49. The third-order valence-corrected chi connectivity index (χ3v) is 4.94. The average molecular weight is 344 g/mol. The summed E-state index contributed by atoms with van der Waals surface area (Å²) in [5.74, 6) is 0.570. The zero-order valence-electron chi connectivity index (χ0n) is 14.0. The minimum absolute atomic E-state index is 0.0865. The van der Waals surface area contributed by atoms with E-state index in [0.717, 1.165) is 34.6 Å². The van der Waals surface area contributed by atoms with Crippen LogP contribution in [0.15, 0.2) is 84.0 Å². The molecule has 5 rings (SSSR count). The molecule has 0 N–H and O–H groups in total. The van der Waals surface area contributed by atoms with Gasteiger partial charge < -0.3 is 4.74 Å². The van der Waals surface area contributed by atoms with Crippen LogP contribution in [0.4, 0.5) is 4.39 Å². The lowest BCUT2D eigenvalue weighted by molar-refractivity contribution is -0.0192. The normalized spacial score (nSPS) is 20.8. The fourth-order valence-corrected chi connectivity index (χ4v) is 3.72. The van der Waals surface area contributed by atoms with E-state index in [1.807, 2.05) is 47.5 Å². The molecule has 0 amide bonds. The zero-order valence-corrected chi connectivity index (χ0v) is 14.0. The summed E-state index contributed by atoms with van der Waals surface area (Å²) >= 11 is 0. The summed E-state index contributed by atoms with van der Waals surface area (Å²) in [5, 5.41) is 6.84. The highest BCUT2D eigenvalue weighted by molar-refractivity contribution is 6.01. The van der Waals surface area contributed by atoms with E-state index in [1.165, 1.54) is 12.1 Å². The predicted molar refractivity (Wildman–Crippen MR) is 98.4 cm³/mol. The van der Waals surface area contributed by atoms with E-state index in [2.05, 4.69) is 18.2 Å². The van der Waals surface area contributed by atoms with Crippen LogP contribution in [0.25, 0.3) is 0 Å². The van der Waals surface area contributed by atoms with Gasteiger partial charge in [0.2, 0.25) is 6.23 Å². The molecule has 3 nitrogen and oxygen atoms in total. The highest BCUT2D eigenvalue weighted by atomic mass is 19.1. The van der Waals surface area contributed by atoms with Gasteiger partial charge in [-0.15, -0.1) is 0 Å². The fourth-order valence-electron chi connectivity index (χ4n) is 3.72. The number of rotatable bonds is 2. The second-order valence-electron chi connectivity index (χ2n) is 6.58. The SMILES string of the molecule is Fc1cccc([C@@H]2Oc3ccccc3[C@H]3CC(c4ccccc4)=NN32)c1. The van der Waals surface area contributed by atoms with Crippen LogP contribution < -0.4 is 4.74 Å². The van der Waals surface area contributed by atoms with Gasteiger partial charge in [0.15, 0.2) is 0 Å². The van der Waals surface area contributed by atoms with Crippen molar-refractivity contribution in [2.45, 2.75) is 18.7 Å². The molecule has 0 radical (unpaired) electrons. The topological polar surface area (TPSA) is 24.8 Å². The van der Waals surface area contributed by atoms with Crippen molar-refractivity contribution in [3.05, 3.63) is 101 Å². The molecule has 128 valence electrons. The first-order valence-corrected chi connectivity index (χ1v) is 8.72. The van der Waals surface area contributed by atoms with E-state index >= 15 is 0 Å². The fraction of sp³-hybridized carbons (Fsp3) is 0.136. The molecule has 0 saturated heterocycles. The van der Waals surface area contributed by atoms with E-state index in [0.29, 0.717) is 0 Å². The maximum Gasteiger partial charge on any atom is 0.213 e. The Balaban J connectivity index is 1.61. The van der Waals surface area contributed by atoms with Crippen molar-refractivity contribution in [2.75, 3.05) is 0 Å². The van der Waals surface area contributed by atoms with E-state index < -0.39 is 6.23 Å². The summed E-state index contributed by atoms with van der Waals surface area (Å²) in [4.78, 5) is 0. The molecule has 0 aromatic heterocycles. The smallest absolute Gasteiger partial charge is 0.213 e. The van der Waals surface area contributed by atoms with Gasteiger partial charge in [-0.1, -0.05) is 60.7 Å². The van der Waals surface area contributed by atoms with Gasteiger partial charge in [-0.2, -0.15) is 5.10 Å². The first kappa shape index (κ1) is 15.1. The number of fused-ring (bicyclic) bond motifs is 3. The highest BCUT2D eigenvalue weighted by Crippen LogP contribution is 2.47. The number of ether oxygens (including phenoxy) is 1. The van der Waals surface area contributed by atoms with Gasteiger partial charge in [0.05, 0.1) is 11.8 Å². The Hall–Kier alpha value is -3.14. The number of hydrogen-bond acceptors (Lipinski definition) is 3. The van der Waals surface area contributed by atoms with E-state index in [4.69, 9.17) is 9.84 Å². The van der Waals surface area contributed by atoms with Gasteiger partial charge in [-0.3, -0.25) is 0 Å². The first-order valence-electron chi connectivity index (χ1n) is 8.72. The Morgan fingerprint density at radius 3 is 2.58 bits per heavy atom. The third-order valence-electron chi connectivity index (χ3n) is 4.94. The van der Waals surface area contributed by atoms with Crippen LogP contribution in [-0.4, -0.2) is 10.7 Å². The Morgan fingerprint density at radius 1 is 0.923 bits per heavy atom. The number of hydrazone groups is 1. The van der Waals surface area contributed by atoms with Gasteiger partial charge in [-0.25, -0.2) is 9.40 Å². The van der Waals surface area contributed by atoms with E-state index in [9.17, 15) is 4.39 Å². The van der Waals surface area contributed by atoms with Crippen LogP contribution in [0.2, 0.25) is 0 Å². The molecule has 2 atom stereocenters. The quantitative estimate of drug-likeness (QED) is 0.648. The van der Waals surface area contributed by atoms with E-state index in [-0.39, 0.29) is 11.9 Å². The van der Waals surface area contributed by atoms with Gasteiger partial charge in [-0.05, 0) is 23.8 Å². The van der Waals surface area contributed by atoms with Crippen LogP contribution in [-0.2, 0) is 0 Å². The highest BCUT2D eigenvalue weighted by Gasteiger charge is 2.40. The van der Waals surface area contributed by atoms with Crippen LogP contribution in [0.5, 0.6) is 5.75 Å². The third kappa shape index (κ3) is 2.46. The second-order valence-corrected chi connectivity index (χ2v) is 6.58. The molecule has 3 aromatic rings. The summed E-state index contributed by atoms with van der Waals surface area (Å²) in [6.45, 7) is 0. The predicted octanol–water partition coefficient (Wildman–Crippen LogP) is 5.07. The largest absolute Gasteiger partial charge is 0.464 e. The van der Waals surface area contributed by atoms with Crippen molar-refractivity contribution < 1.29 is 9.13 Å². The van der Waals surface area contributed by atoms with Crippen LogP contribution in [0.1, 0.15) is 35.4 Å². The lowest BCUT2D eigenvalue weighted by Gasteiger charge is -2.38. The minimum atomic E-state index is -0.438. The Morgan fingerprint density at radius 2 is 1.73 bits per heavy atom. The molecule has 0 aliphatic carbocycles. The molecule has 0 spiro atoms. The van der Waals surface area contributed by atoms with Gasteiger partial charge in [0.25, 0.3) is 0 Å². The standard InChI is InChI=1S/C22H17FN2O/c23-17-10-6-9-16(13-17)22-25-20(18-11-4-5-12-21(18)26-22)14-19(24-25)15-7-2-1-3-8-15/h1-13,20,22H,14H2/t20-,22+/m1/s1. The molecule has 3 aromatic carbocycles. The zero-order chi connectivity index (χ0) is 17.5. The summed E-state index contributed by atoms with van der Waals surface area (Å²) < 4.78 is 20.0.